The molecular weight excluding hydrogens is 414 g/mol. The number of rotatable bonds is 6. The molecule has 1 aliphatic rings. The molecule has 0 radical (unpaired) electrons. The molecule has 1 saturated heterocycles. The van der Waals surface area contributed by atoms with E-state index in [-0.39, 0.29) is 17.2 Å². The first-order valence-corrected chi connectivity index (χ1v) is 12.0. The van der Waals surface area contributed by atoms with Crippen molar-refractivity contribution >= 4 is 27.4 Å². The summed E-state index contributed by atoms with van der Waals surface area (Å²) in [6, 6.07) is 6.48. The molecule has 1 fully saturated rings. The number of hydrogen-bond donors (Lipinski definition) is 1. The number of anilines is 2. The third-order valence-electron chi connectivity index (χ3n) is 5.55. The fourth-order valence-corrected chi connectivity index (χ4v) is 4.53. The predicted molar refractivity (Wildman–Crippen MR) is 122 cm³/mol. The number of carbonyl (C=O) groups is 1. The van der Waals surface area contributed by atoms with E-state index in [0.717, 1.165) is 43.1 Å². The summed E-state index contributed by atoms with van der Waals surface area (Å²) in [6.07, 6.45) is 0.140. The monoisotopic (exact) mass is 445 g/mol. The number of piperazine rings is 1. The second kappa shape index (κ2) is 9.32. The average Bonchev–Trinajstić information content (AvgIpc) is 2.71. The van der Waals surface area contributed by atoms with Crippen molar-refractivity contribution in [1.29, 1.82) is 0 Å². The number of aryl methyl sites for hydroxylation is 2. The van der Waals surface area contributed by atoms with Crippen molar-refractivity contribution in [2.24, 2.45) is 0 Å². The van der Waals surface area contributed by atoms with Crippen LogP contribution in [0.3, 0.4) is 0 Å². The molecule has 0 atom stereocenters. The van der Waals surface area contributed by atoms with E-state index in [1.54, 1.807) is 38.1 Å². The van der Waals surface area contributed by atoms with E-state index in [1.165, 1.54) is 0 Å². The predicted octanol–water partition coefficient (Wildman–Crippen LogP) is 2.21. The lowest BCUT2D eigenvalue weighted by atomic mass is 10.1. The minimum Gasteiger partial charge on any atom is -0.338 e. The number of sulfone groups is 1. The van der Waals surface area contributed by atoms with Crippen LogP contribution in [0, 0.1) is 13.8 Å². The Morgan fingerprint density at radius 3 is 2.10 bits per heavy atom. The van der Waals surface area contributed by atoms with Crippen molar-refractivity contribution in [1.82, 2.24) is 14.9 Å². The zero-order chi connectivity index (χ0) is 22.8. The van der Waals surface area contributed by atoms with E-state index >= 15 is 0 Å². The molecule has 1 aromatic heterocycles. The van der Waals surface area contributed by atoms with Gasteiger partial charge in [-0.05, 0) is 52.4 Å². The highest BCUT2D eigenvalue weighted by Crippen LogP contribution is 2.22. The maximum atomic E-state index is 12.6. The quantitative estimate of drug-likeness (QED) is 0.728. The highest BCUT2D eigenvalue weighted by Gasteiger charge is 2.20. The zero-order valence-electron chi connectivity index (χ0n) is 18.8. The number of hydrogen-bond acceptors (Lipinski definition) is 7. The van der Waals surface area contributed by atoms with Gasteiger partial charge in [0.1, 0.15) is 0 Å². The Morgan fingerprint density at radius 2 is 1.58 bits per heavy atom. The van der Waals surface area contributed by atoms with Crippen LogP contribution < -0.4 is 10.2 Å². The highest BCUT2D eigenvalue weighted by atomic mass is 32.2. The number of likely N-dealkylation sites (N-methyl/N-ethyl adjacent to an activating group) is 1. The molecule has 1 aliphatic heterocycles. The first kappa shape index (κ1) is 23.1. The molecule has 8 nitrogen and oxygen atoms in total. The summed E-state index contributed by atoms with van der Waals surface area (Å²) in [5.74, 6) is 0.504. The van der Waals surface area contributed by atoms with E-state index in [0.29, 0.717) is 11.6 Å². The van der Waals surface area contributed by atoms with Crippen molar-refractivity contribution in [2.75, 3.05) is 43.4 Å². The minimum absolute atomic E-state index is 0.140. The molecule has 1 amide bonds. The molecule has 1 aromatic carbocycles. The lowest BCUT2D eigenvalue weighted by Crippen LogP contribution is -2.45. The number of benzene rings is 1. The minimum atomic E-state index is -3.32. The van der Waals surface area contributed by atoms with Crippen LogP contribution in [-0.2, 0) is 21.1 Å². The van der Waals surface area contributed by atoms with Gasteiger partial charge in [-0.2, -0.15) is 0 Å². The molecule has 0 bridgehead atoms. The Kier molecular flexibility index (Phi) is 6.96. The molecule has 0 spiro atoms. The Labute approximate surface area is 184 Å². The molecule has 9 heteroatoms. The summed E-state index contributed by atoms with van der Waals surface area (Å²) in [4.78, 5) is 26.5. The van der Waals surface area contributed by atoms with E-state index in [2.05, 4.69) is 32.1 Å². The van der Waals surface area contributed by atoms with Crippen LogP contribution in [-0.4, -0.2) is 67.7 Å². The molecule has 1 N–H and O–H groups in total. The van der Waals surface area contributed by atoms with Crippen LogP contribution in [0.5, 0.6) is 0 Å². The second-order valence-corrected chi connectivity index (χ2v) is 10.8. The molecule has 2 aromatic rings. The van der Waals surface area contributed by atoms with Crippen LogP contribution in [0.4, 0.5) is 11.6 Å². The Balaban J connectivity index is 1.68. The van der Waals surface area contributed by atoms with E-state index in [4.69, 9.17) is 0 Å². The fraction of sp³-hybridized carbons (Fsp3) is 0.500. The lowest BCUT2D eigenvalue weighted by Gasteiger charge is -2.32. The van der Waals surface area contributed by atoms with Gasteiger partial charge in [-0.15, -0.1) is 0 Å². The molecule has 0 aliphatic carbocycles. The Morgan fingerprint density at radius 1 is 1.03 bits per heavy atom. The van der Waals surface area contributed by atoms with Gasteiger partial charge in [-0.3, -0.25) is 4.79 Å². The summed E-state index contributed by atoms with van der Waals surface area (Å²) >= 11 is 0. The smallest absolute Gasteiger partial charge is 0.228 e. The topological polar surface area (TPSA) is 95.5 Å². The maximum absolute atomic E-state index is 12.6. The van der Waals surface area contributed by atoms with Gasteiger partial charge in [-0.1, -0.05) is 12.1 Å². The standard InChI is InChI=1S/C22H31N5O3S/c1-15(2)31(29,30)19-8-6-18(7-9-19)14-20(28)25-21-16(3)23-22(24-17(21)4)27-12-10-26(5)11-13-27/h6-9,15H,10-14H2,1-5H3,(H,25,28). The van der Waals surface area contributed by atoms with Gasteiger partial charge in [0, 0.05) is 26.2 Å². The summed E-state index contributed by atoms with van der Waals surface area (Å²) in [6.45, 7) is 10.7. The number of aromatic nitrogens is 2. The molecule has 168 valence electrons. The van der Waals surface area contributed by atoms with Gasteiger partial charge in [0.25, 0.3) is 0 Å². The number of nitrogens with one attached hydrogen (secondary N) is 1. The summed E-state index contributed by atoms with van der Waals surface area (Å²) < 4.78 is 24.5. The number of carbonyl (C=O) groups excluding carboxylic acids is 1. The average molecular weight is 446 g/mol. The van der Waals surface area contributed by atoms with Crippen LogP contribution in [0.2, 0.25) is 0 Å². The SMILES string of the molecule is Cc1nc(N2CCN(C)CC2)nc(C)c1NC(=O)Cc1ccc(S(=O)(=O)C(C)C)cc1. The van der Waals surface area contributed by atoms with Crippen molar-refractivity contribution in [3.8, 4) is 0 Å². The van der Waals surface area contributed by atoms with Gasteiger partial charge in [0.2, 0.25) is 11.9 Å². The first-order chi connectivity index (χ1) is 14.6. The van der Waals surface area contributed by atoms with Crippen LogP contribution in [0.25, 0.3) is 0 Å². The molecule has 0 unspecified atom stereocenters. The fourth-order valence-electron chi connectivity index (χ4n) is 3.47. The number of nitrogens with zero attached hydrogens (tertiary/aromatic N) is 4. The maximum Gasteiger partial charge on any atom is 0.228 e. The summed E-state index contributed by atoms with van der Waals surface area (Å²) in [7, 11) is -1.22. The molecule has 3 rings (SSSR count). The third kappa shape index (κ3) is 5.40. The first-order valence-electron chi connectivity index (χ1n) is 10.5. The molecule has 31 heavy (non-hydrogen) atoms. The number of amides is 1. The van der Waals surface area contributed by atoms with Gasteiger partial charge >= 0.3 is 0 Å². The molecular formula is C22H31N5O3S. The van der Waals surface area contributed by atoms with Crippen molar-refractivity contribution in [3.63, 3.8) is 0 Å². The molecule has 2 heterocycles. The van der Waals surface area contributed by atoms with Gasteiger partial charge in [-0.25, -0.2) is 18.4 Å². The Hall–Kier alpha value is -2.52. The van der Waals surface area contributed by atoms with Crippen LogP contribution in [0.15, 0.2) is 29.2 Å². The van der Waals surface area contributed by atoms with E-state index in [1.807, 2.05) is 13.8 Å². The zero-order valence-corrected chi connectivity index (χ0v) is 19.7. The largest absolute Gasteiger partial charge is 0.338 e. The van der Waals surface area contributed by atoms with Gasteiger partial charge in [0.15, 0.2) is 9.84 Å². The van der Waals surface area contributed by atoms with E-state index in [9.17, 15) is 13.2 Å². The lowest BCUT2D eigenvalue weighted by molar-refractivity contribution is -0.115. The van der Waals surface area contributed by atoms with Crippen molar-refractivity contribution < 1.29 is 13.2 Å². The van der Waals surface area contributed by atoms with Crippen LogP contribution >= 0.6 is 0 Å². The van der Waals surface area contributed by atoms with Gasteiger partial charge in [0.05, 0.1) is 33.6 Å². The normalized spacial score (nSPS) is 15.4. The summed E-state index contributed by atoms with van der Waals surface area (Å²) in [5, 5.41) is 2.43. The molecule has 0 saturated carbocycles. The second-order valence-electron chi connectivity index (χ2n) is 8.32. The highest BCUT2D eigenvalue weighted by molar-refractivity contribution is 7.92. The van der Waals surface area contributed by atoms with Crippen LogP contribution in [0.1, 0.15) is 30.8 Å². The van der Waals surface area contributed by atoms with E-state index < -0.39 is 15.1 Å². The third-order valence-corrected chi connectivity index (χ3v) is 7.72. The van der Waals surface area contributed by atoms with Crippen molar-refractivity contribution in [3.05, 3.63) is 41.2 Å². The van der Waals surface area contributed by atoms with Crippen molar-refractivity contribution in [2.45, 2.75) is 44.3 Å². The van der Waals surface area contributed by atoms with Gasteiger partial charge < -0.3 is 15.1 Å². The Bertz CT molecular complexity index is 1020. The summed E-state index contributed by atoms with van der Waals surface area (Å²) in [5.41, 5.74) is 2.83.